The van der Waals surface area contributed by atoms with E-state index in [0.717, 1.165) is 25.6 Å². The van der Waals surface area contributed by atoms with Gasteiger partial charge >= 0.3 is 0 Å². The van der Waals surface area contributed by atoms with Crippen LogP contribution in [0.2, 0.25) is 0 Å². The Morgan fingerprint density at radius 1 is 1.43 bits per heavy atom. The van der Waals surface area contributed by atoms with Crippen molar-refractivity contribution in [2.75, 3.05) is 26.7 Å². The van der Waals surface area contributed by atoms with Crippen molar-refractivity contribution >= 4 is 0 Å². The van der Waals surface area contributed by atoms with Gasteiger partial charge in [0.2, 0.25) is 0 Å². The van der Waals surface area contributed by atoms with Crippen molar-refractivity contribution in [3.05, 3.63) is 0 Å². The molecule has 3 nitrogen and oxygen atoms in total. The fourth-order valence-electron chi connectivity index (χ4n) is 1.33. The highest BCUT2D eigenvalue weighted by atomic mass is 16.3. The van der Waals surface area contributed by atoms with Gasteiger partial charge in [-0.2, -0.15) is 0 Å². The van der Waals surface area contributed by atoms with Gasteiger partial charge in [0.25, 0.3) is 0 Å². The van der Waals surface area contributed by atoms with Gasteiger partial charge in [0.05, 0.1) is 6.61 Å². The summed E-state index contributed by atoms with van der Waals surface area (Å²) in [6.07, 6.45) is 3.88. The van der Waals surface area contributed by atoms with Crippen LogP contribution in [0.15, 0.2) is 0 Å². The zero-order chi connectivity index (χ0) is 10.6. The fourth-order valence-corrected chi connectivity index (χ4v) is 1.33. The summed E-state index contributed by atoms with van der Waals surface area (Å²) in [5.41, 5.74) is -0.0837. The van der Waals surface area contributed by atoms with Crippen LogP contribution in [-0.4, -0.2) is 48.3 Å². The van der Waals surface area contributed by atoms with Crippen LogP contribution in [0, 0.1) is 0 Å². The number of nitrogens with zero attached hydrogens (tertiary/aromatic N) is 1. The van der Waals surface area contributed by atoms with Gasteiger partial charge in [0.1, 0.15) is 0 Å². The minimum atomic E-state index is -0.0837. The molecule has 0 atom stereocenters. The molecule has 14 heavy (non-hydrogen) atoms. The Bertz CT molecular complexity index is 167. The molecule has 0 aromatic rings. The number of hydrogen-bond donors (Lipinski definition) is 2. The van der Waals surface area contributed by atoms with Crippen LogP contribution < -0.4 is 5.32 Å². The molecule has 1 aliphatic carbocycles. The lowest BCUT2D eigenvalue weighted by Crippen LogP contribution is -2.45. The minimum absolute atomic E-state index is 0.0837. The number of hydrogen-bond acceptors (Lipinski definition) is 3. The van der Waals surface area contributed by atoms with Crippen LogP contribution in [0.1, 0.15) is 33.1 Å². The average molecular weight is 200 g/mol. The molecule has 0 bridgehead atoms. The SMILES string of the molecule is CN(CCCNC1CC1)C(C)(C)CO. The maximum atomic E-state index is 9.16. The predicted molar refractivity (Wildman–Crippen MR) is 59.4 cm³/mol. The minimum Gasteiger partial charge on any atom is -0.394 e. The molecule has 1 rings (SSSR count). The van der Waals surface area contributed by atoms with E-state index in [9.17, 15) is 0 Å². The number of nitrogens with one attached hydrogen (secondary N) is 1. The normalized spacial score (nSPS) is 17.8. The monoisotopic (exact) mass is 200 g/mol. The Balaban J connectivity index is 2.03. The van der Waals surface area contributed by atoms with Gasteiger partial charge in [0, 0.05) is 11.6 Å². The summed E-state index contributed by atoms with van der Waals surface area (Å²) in [5.74, 6) is 0. The Hall–Kier alpha value is -0.120. The van der Waals surface area contributed by atoms with Crippen molar-refractivity contribution in [3.63, 3.8) is 0 Å². The zero-order valence-electron chi connectivity index (χ0n) is 9.71. The van der Waals surface area contributed by atoms with Gasteiger partial charge in [-0.25, -0.2) is 0 Å². The molecule has 0 saturated heterocycles. The van der Waals surface area contributed by atoms with E-state index in [-0.39, 0.29) is 12.1 Å². The summed E-state index contributed by atoms with van der Waals surface area (Å²) < 4.78 is 0. The zero-order valence-corrected chi connectivity index (χ0v) is 9.71. The smallest absolute Gasteiger partial charge is 0.0609 e. The maximum Gasteiger partial charge on any atom is 0.0609 e. The maximum absolute atomic E-state index is 9.16. The molecule has 0 spiro atoms. The topological polar surface area (TPSA) is 35.5 Å². The highest BCUT2D eigenvalue weighted by Gasteiger charge is 2.22. The lowest BCUT2D eigenvalue weighted by Gasteiger charge is -2.33. The summed E-state index contributed by atoms with van der Waals surface area (Å²) in [5, 5.41) is 12.7. The lowest BCUT2D eigenvalue weighted by molar-refractivity contribution is 0.0782. The molecule has 84 valence electrons. The Labute approximate surface area is 87.5 Å². The molecule has 0 heterocycles. The first-order valence-electron chi connectivity index (χ1n) is 5.62. The summed E-state index contributed by atoms with van der Waals surface area (Å²) in [6, 6.07) is 0.811. The Morgan fingerprint density at radius 3 is 2.57 bits per heavy atom. The third-order valence-electron chi connectivity index (χ3n) is 3.10. The summed E-state index contributed by atoms with van der Waals surface area (Å²) in [4.78, 5) is 2.22. The fraction of sp³-hybridized carbons (Fsp3) is 1.00. The van der Waals surface area contributed by atoms with Crippen molar-refractivity contribution in [2.45, 2.75) is 44.7 Å². The highest BCUT2D eigenvalue weighted by Crippen LogP contribution is 2.18. The second kappa shape index (κ2) is 5.10. The highest BCUT2D eigenvalue weighted by molar-refractivity contribution is 4.81. The molecule has 0 amide bonds. The van der Waals surface area contributed by atoms with E-state index < -0.39 is 0 Å². The van der Waals surface area contributed by atoms with Crippen molar-refractivity contribution in [2.24, 2.45) is 0 Å². The van der Waals surface area contributed by atoms with E-state index in [1.165, 1.54) is 12.8 Å². The lowest BCUT2D eigenvalue weighted by atomic mass is 10.1. The van der Waals surface area contributed by atoms with Crippen LogP contribution in [0.25, 0.3) is 0 Å². The quantitative estimate of drug-likeness (QED) is 0.598. The standard InChI is InChI=1S/C11H24N2O/c1-11(2,9-14)13(3)8-4-7-12-10-5-6-10/h10,12,14H,4-9H2,1-3H3. The van der Waals surface area contributed by atoms with E-state index in [1.807, 2.05) is 0 Å². The molecule has 3 heteroatoms. The molecule has 0 aromatic heterocycles. The van der Waals surface area contributed by atoms with Crippen LogP contribution in [-0.2, 0) is 0 Å². The molecule has 2 N–H and O–H groups in total. The second-order valence-electron chi connectivity index (χ2n) is 4.97. The number of likely N-dealkylation sites (N-methyl/N-ethyl adjacent to an activating group) is 1. The van der Waals surface area contributed by atoms with Crippen LogP contribution in [0.4, 0.5) is 0 Å². The van der Waals surface area contributed by atoms with Gasteiger partial charge in [-0.1, -0.05) is 0 Å². The van der Waals surface area contributed by atoms with Crippen molar-refractivity contribution in [3.8, 4) is 0 Å². The van der Waals surface area contributed by atoms with Gasteiger partial charge in [-0.15, -0.1) is 0 Å². The van der Waals surface area contributed by atoms with Gasteiger partial charge < -0.3 is 10.4 Å². The van der Waals surface area contributed by atoms with Crippen molar-refractivity contribution in [1.82, 2.24) is 10.2 Å². The molecular formula is C11H24N2O. The molecule has 1 fully saturated rings. The summed E-state index contributed by atoms with van der Waals surface area (Å²) >= 11 is 0. The molecule has 0 aromatic carbocycles. The van der Waals surface area contributed by atoms with Crippen LogP contribution in [0.3, 0.4) is 0 Å². The van der Waals surface area contributed by atoms with E-state index in [1.54, 1.807) is 0 Å². The molecule has 0 unspecified atom stereocenters. The van der Waals surface area contributed by atoms with E-state index in [4.69, 9.17) is 5.11 Å². The third kappa shape index (κ3) is 3.95. The first kappa shape index (κ1) is 12.0. The first-order chi connectivity index (χ1) is 6.56. The molecular weight excluding hydrogens is 176 g/mol. The summed E-state index contributed by atoms with van der Waals surface area (Å²) in [6.45, 7) is 6.52. The summed E-state index contributed by atoms with van der Waals surface area (Å²) in [7, 11) is 2.08. The largest absolute Gasteiger partial charge is 0.394 e. The van der Waals surface area contributed by atoms with Crippen LogP contribution >= 0.6 is 0 Å². The third-order valence-corrected chi connectivity index (χ3v) is 3.10. The molecule has 0 radical (unpaired) electrons. The molecule has 1 saturated carbocycles. The van der Waals surface area contributed by atoms with Gasteiger partial charge in [0.15, 0.2) is 0 Å². The number of aliphatic hydroxyl groups is 1. The first-order valence-corrected chi connectivity index (χ1v) is 5.62. The van der Waals surface area contributed by atoms with Crippen molar-refractivity contribution < 1.29 is 5.11 Å². The van der Waals surface area contributed by atoms with E-state index in [2.05, 4.69) is 31.1 Å². The Kier molecular flexibility index (Phi) is 4.35. The van der Waals surface area contributed by atoms with Crippen LogP contribution in [0.5, 0.6) is 0 Å². The second-order valence-corrected chi connectivity index (χ2v) is 4.97. The molecule has 0 aliphatic heterocycles. The number of aliphatic hydroxyl groups excluding tert-OH is 1. The number of rotatable bonds is 7. The van der Waals surface area contributed by atoms with Gasteiger partial charge in [-0.3, -0.25) is 4.90 Å². The van der Waals surface area contributed by atoms with Gasteiger partial charge in [-0.05, 0) is 53.2 Å². The Morgan fingerprint density at radius 2 is 2.07 bits per heavy atom. The average Bonchev–Trinajstić information content (AvgIpc) is 2.95. The molecule has 1 aliphatic rings. The van der Waals surface area contributed by atoms with Crippen molar-refractivity contribution in [1.29, 1.82) is 0 Å². The predicted octanol–water partition coefficient (Wildman–Crippen LogP) is 0.831. The van der Waals surface area contributed by atoms with E-state index in [0.29, 0.717) is 0 Å². The van der Waals surface area contributed by atoms with E-state index >= 15 is 0 Å².